The van der Waals surface area contributed by atoms with Crippen LogP contribution in [0.3, 0.4) is 0 Å². The van der Waals surface area contributed by atoms with Crippen molar-refractivity contribution in [2.24, 2.45) is 0 Å². The summed E-state index contributed by atoms with van der Waals surface area (Å²) in [7, 11) is 0. The molecule has 0 saturated heterocycles. The van der Waals surface area contributed by atoms with E-state index in [-0.39, 0.29) is 0 Å². The van der Waals surface area contributed by atoms with Crippen molar-refractivity contribution in [1.29, 1.82) is 0 Å². The fourth-order valence-corrected chi connectivity index (χ4v) is 10.5. The van der Waals surface area contributed by atoms with E-state index in [1.54, 1.807) is 11.3 Å². The molecule has 0 aliphatic carbocycles. The summed E-state index contributed by atoms with van der Waals surface area (Å²) in [5.74, 6) is 1.89. The zero-order valence-corrected chi connectivity index (χ0v) is 35.1. The molecular formula is C58H34N4OS. The highest BCUT2D eigenvalue weighted by molar-refractivity contribution is 7.26. The molecule has 0 bridgehead atoms. The molecule has 0 radical (unpaired) electrons. The summed E-state index contributed by atoms with van der Waals surface area (Å²) < 4.78 is 9.10. The summed E-state index contributed by atoms with van der Waals surface area (Å²) in [5, 5.41) is 7.82. The summed E-state index contributed by atoms with van der Waals surface area (Å²) in [6.45, 7) is 0. The van der Waals surface area contributed by atoms with Crippen LogP contribution in [0, 0.1) is 0 Å². The van der Waals surface area contributed by atoms with E-state index in [1.165, 1.54) is 21.0 Å². The summed E-state index contributed by atoms with van der Waals surface area (Å²) in [4.78, 5) is 20.8. The molecular weight excluding hydrogens is 801 g/mol. The number of nitrogens with zero attached hydrogens (tertiary/aromatic N) is 4. The maximum atomic E-state index is 6.70. The molecule has 6 heteroatoms. The predicted octanol–water partition coefficient (Wildman–Crippen LogP) is 15.8. The van der Waals surface area contributed by atoms with Gasteiger partial charge in [-0.1, -0.05) is 176 Å². The van der Waals surface area contributed by atoms with Crippen LogP contribution in [0.15, 0.2) is 211 Å². The Balaban J connectivity index is 1.02. The molecule has 0 spiro atoms. The normalized spacial score (nSPS) is 11.8. The number of furan rings is 1. The highest BCUT2D eigenvalue weighted by atomic mass is 32.1. The summed E-state index contributed by atoms with van der Waals surface area (Å²) in [6.07, 6.45) is 0. The number of thiophene rings is 1. The number of benzene rings is 9. The van der Waals surface area contributed by atoms with Gasteiger partial charge in [-0.2, -0.15) is 0 Å². The van der Waals surface area contributed by atoms with Crippen LogP contribution < -0.4 is 0 Å². The number of rotatable bonds is 6. The molecule has 0 unspecified atom stereocenters. The van der Waals surface area contributed by atoms with Crippen molar-refractivity contribution in [3.8, 4) is 67.7 Å². The van der Waals surface area contributed by atoms with Crippen LogP contribution in [-0.2, 0) is 0 Å². The molecule has 0 atom stereocenters. The van der Waals surface area contributed by atoms with E-state index < -0.39 is 0 Å². The Morgan fingerprint density at radius 2 is 0.906 bits per heavy atom. The minimum absolute atomic E-state index is 0.612. The number of pyridine rings is 1. The van der Waals surface area contributed by atoms with E-state index in [4.69, 9.17) is 24.4 Å². The van der Waals surface area contributed by atoms with Crippen molar-refractivity contribution in [2.75, 3.05) is 0 Å². The van der Waals surface area contributed by atoms with Gasteiger partial charge in [-0.05, 0) is 47.0 Å². The fraction of sp³-hybridized carbons (Fsp3) is 0. The van der Waals surface area contributed by atoms with Crippen LogP contribution in [0.1, 0.15) is 0 Å². The average molecular weight is 835 g/mol. The Morgan fingerprint density at radius 3 is 1.69 bits per heavy atom. The molecule has 13 aromatic rings. The largest absolute Gasteiger partial charge is 0.456 e. The lowest BCUT2D eigenvalue weighted by Crippen LogP contribution is -2.00. The van der Waals surface area contributed by atoms with Crippen molar-refractivity contribution in [1.82, 2.24) is 19.9 Å². The van der Waals surface area contributed by atoms with Crippen LogP contribution in [0.25, 0.3) is 131 Å². The molecule has 298 valence electrons. The maximum absolute atomic E-state index is 6.70. The zero-order chi connectivity index (χ0) is 42.1. The first-order chi connectivity index (χ1) is 31.7. The van der Waals surface area contributed by atoms with Crippen molar-refractivity contribution >= 4 is 75.1 Å². The van der Waals surface area contributed by atoms with Crippen LogP contribution in [0.5, 0.6) is 0 Å². The summed E-state index contributed by atoms with van der Waals surface area (Å²) in [5.41, 5.74) is 11.9. The molecule has 0 aliphatic rings. The fourth-order valence-electron chi connectivity index (χ4n) is 9.33. The van der Waals surface area contributed by atoms with E-state index in [1.807, 2.05) is 30.3 Å². The second kappa shape index (κ2) is 14.7. The van der Waals surface area contributed by atoms with Gasteiger partial charge in [0.2, 0.25) is 0 Å². The highest BCUT2D eigenvalue weighted by Gasteiger charge is 2.23. The van der Waals surface area contributed by atoms with Crippen molar-refractivity contribution in [3.63, 3.8) is 0 Å². The van der Waals surface area contributed by atoms with E-state index >= 15 is 0 Å². The van der Waals surface area contributed by atoms with E-state index in [2.05, 4.69) is 176 Å². The Labute approximate surface area is 371 Å². The Morgan fingerprint density at radius 1 is 0.344 bits per heavy atom. The molecule has 4 aromatic heterocycles. The zero-order valence-electron chi connectivity index (χ0n) is 34.2. The van der Waals surface area contributed by atoms with Gasteiger partial charge in [0, 0.05) is 74.9 Å². The first kappa shape index (κ1) is 36.3. The topological polar surface area (TPSA) is 64.7 Å². The lowest BCUT2D eigenvalue weighted by molar-refractivity contribution is 0.669. The van der Waals surface area contributed by atoms with Crippen LogP contribution in [0.4, 0.5) is 0 Å². The first-order valence-electron chi connectivity index (χ1n) is 21.4. The minimum atomic E-state index is 0.612. The standard InChI is InChI=1S/C58H34N4OS/c1-3-14-35(15-4-1)36-26-30-38(31-27-36)54-46-34-49-53(44-20-8-11-24-48(44)63-49)51(52(46)43-19-7-10-23-47(43)59-54)37-28-32-40(33-29-37)57-60-56(39-16-5-2-6-17-39)61-58(62-57)45-22-13-21-42-41-18-9-12-25-50(41)64-55(42)45/h1-34H. The Hall–Kier alpha value is -8.32. The number of fused-ring (bicyclic) bond motifs is 9. The van der Waals surface area contributed by atoms with Gasteiger partial charge in [-0.15, -0.1) is 11.3 Å². The molecule has 0 aliphatic heterocycles. The second-order valence-electron chi connectivity index (χ2n) is 16.1. The van der Waals surface area contributed by atoms with Gasteiger partial charge in [0.15, 0.2) is 17.5 Å². The van der Waals surface area contributed by atoms with Gasteiger partial charge in [0.05, 0.1) is 11.2 Å². The highest BCUT2D eigenvalue weighted by Crippen LogP contribution is 2.47. The third kappa shape index (κ3) is 5.92. The lowest BCUT2D eigenvalue weighted by atomic mass is 9.89. The van der Waals surface area contributed by atoms with Gasteiger partial charge in [0.25, 0.3) is 0 Å². The van der Waals surface area contributed by atoms with Gasteiger partial charge in [0.1, 0.15) is 11.2 Å². The monoisotopic (exact) mass is 834 g/mol. The van der Waals surface area contributed by atoms with Gasteiger partial charge in [-0.3, -0.25) is 0 Å². The van der Waals surface area contributed by atoms with Crippen LogP contribution >= 0.6 is 11.3 Å². The molecule has 0 N–H and O–H groups in total. The van der Waals surface area contributed by atoms with E-state index in [0.29, 0.717) is 17.5 Å². The third-order valence-electron chi connectivity index (χ3n) is 12.3. The molecule has 13 rings (SSSR count). The maximum Gasteiger partial charge on any atom is 0.165 e. The van der Waals surface area contributed by atoms with Gasteiger partial charge >= 0.3 is 0 Å². The Bertz CT molecular complexity index is 3930. The van der Waals surface area contributed by atoms with Crippen molar-refractivity contribution < 1.29 is 4.42 Å². The average Bonchev–Trinajstić information content (AvgIpc) is 3.94. The lowest BCUT2D eigenvalue weighted by Gasteiger charge is -2.16. The molecule has 0 saturated carbocycles. The van der Waals surface area contributed by atoms with E-state index in [0.717, 1.165) is 93.0 Å². The number of para-hydroxylation sites is 2. The van der Waals surface area contributed by atoms with Gasteiger partial charge < -0.3 is 4.42 Å². The quantitative estimate of drug-likeness (QED) is 0.156. The van der Waals surface area contributed by atoms with Gasteiger partial charge in [-0.25, -0.2) is 19.9 Å². The molecule has 64 heavy (non-hydrogen) atoms. The summed E-state index contributed by atoms with van der Waals surface area (Å²) >= 11 is 1.78. The third-order valence-corrected chi connectivity index (χ3v) is 13.6. The van der Waals surface area contributed by atoms with Crippen LogP contribution in [-0.4, -0.2) is 19.9 Å². The first-order valence-corrected chi connectivity index (χ1v) is 22.2. The van der Waals surface area contributed by atoms with Crippen LogP contribution in [0.2, 0.25) is 0 Å². The number of hydrogen-bond donors (Lipinski definition) is 0. The minimum Gasteiger partial charge on any atom is -0.456 e. The van der Waals surface area contributed by atoms with Crippen molar-refractivity contribution in [2.45, 2.75) is 0 Å². The number of hydrogen-bond acceptors (Lipinski definition) is 6. The smallest absolute Gasteiger partial charge is 0.165 e. The SMILES string of the molecule is c1ccc(-c2ccc(-c3nc4ccccc4c4c(-c5ccc(-c6nc(-c7ccccc7)nc(-c7cccc8c7sc7ccccc78)n6)cc5)c5c(cc34)oc3ccccc35)cc2)cc1. The van der Waals surface area contributed by atoms with Crippen molar-refractivity contribution in [3.05, 3.63) is 206 Å². The molecule has 0 amide bonds. The molecule has 9 aromatic carbocycles. The van der Waals surface area contributed by atoms with E-state index in [9.17, 15) is 0 Å². The second-order valence-corrected chi connectivity index (χ2v) is 17.1. The number of aromatic nitrogens is 4. The summed E-state index contributed by atoms with van der Waals surface area (Å²) in [6, 6.07) is 72.0. The molecule has 4 heterocycles. The molecule has 0 fully saturated rings. The predicted molar refractivity (Wildman–Crippen MR) is 265 cm³/mol. The molecule has 5 nitrogen and oxygen atoms in total. The Kier molecular flexibility index (Phi) is 8.32.